The average Bonchev–Trinajstić information content (AvgIpc) is 3.39. The zero-order valence-electron chi connectivity index (χ0n) is 14.8. The summed E-state index contributed by atoms with van der Waals surface area (Å²) >= 11 is 3.13. The first-order chi connectivity index (χ1) is 13.1. The number of anilines is 1. The van der Waals surface area contributed by atoms with Gasteiger partial charge in [-0.3, -0.25) is 9.59 Å². The van der Waals surface area contributed by atoms with E-state index in [1.54, 1.807) is 16.2 Å². The highest BCUT2D eigenvalue weighted by atomic mass is 32.1. The number of aryl methyl sites for hydroxylation is 1. The number of thiophene rings is 1. The third-order valence-electron chi connectivity index (χ3n) is 4.45. The quantitative estimate of drug-likeness (QED) is 0.613. The van der Waals surface area contributed by atoms with Crippen LogP contribution in [0.3, 0.4) is 0 Å². The Hall–Kier alpha value is -2.51. The topological polar surface area (TPSA) is 59.5 Å². The van der Waals surface area contributed by atoms with Crippen molar-refractivity contribution in [1.82, 2.24) is 4.98 Å². The average molecular weight is 399 g/mol. The highest BCUT2D eigenvalue weighted by molar-refractivity contribution is 7.10. The molecule has 0 fully saturated rings. The van der Waals surface area contributed by atoms with Gasteiger partial charge in [0.15, 0.2) is 6.61 Å². The Balaban J connectivity index is 1.39. The Morgan fingerprint density at radius 3 is 2.89 bits per heavy atom. The van der Waals surface area contributed by atoms with Crippen LogP contribution in [0.25, 0.3) is 11.3 Å². The van der Waals surface area contributed by atoms with Crippen LogP contribution >= 0.6 is 22.7 Å². The molecule has 1 aliphatic rings. The number of thiazole rings is 1. The number of aromatic nitrogens is 1. The number of amides is 1. The van der Waals surface area contributed by atoms with E-state index in [2.05, 4.69) is 11.1 Å². The molecule has 0 N–H and O–H groups in total. The Bertz CT molecular complexity index is 979. The number of fused-ring (bicyclic) bond motifs is 1. The summed E-state index contributed by atoms with van der Waals surface area (Å²) < 4.78 is 5.17. The molecule has 0 spiro atoms. The summed E-state index contributed by atoms with van der Waals surface area (Å²) in [6.45, 7) is 2.37. The number of rotatable bonds is 5. The number of ether oxygens (including phenoxy) is 1. The number of carbonyl (C=O) groups excluding carboxylic acids is 2. The molecular weight excluding hydrogens is 380 g/mol. The van der Waals surface area contributed by atoms with Crippen molar-refractivity contribution >= 4 is 40.2 Å². The number of hydrogen-bond donors (Lipinski definition) is 0. The molecule has 0 aliphatic carbocycles. The van der Waals surface area contributed by atoms with Crippen molar-refractivity contribution in [2.24, 2.45) is 0 Å². The van der Waals surface area contributed by atoms with Crippen LogP contribution in [-0.4, -0.2) is 30.0 Å². The van der Waals surface area contributed by atoms with E-state index in [4.69, 9.17) is 4.74 Å². The summed E-state index contributed by atoms with van der Waals surface area (Å²) in [6, 6.07) is 9.81. The van der Waals surface area contributed by atoms with E-state index in [9.17, 15) is 9.59 Å². The lowest BCUT2D eigenvalue weighted by Gasteiger charge is -2.17. The van der Waals surface area contributed by atoms with E-state index >= 15 is 0 Å². The second-order valence-corrected chi connectivity index (χ2v) is 8.40. The number of nitrogens with zero attached hydrogens (tertiary/aromatic N) is 2. The highest BCUT2D eigenvalue weighted by Gasteiger charge is 2.26. The molecule has 0 saturated carbocycles. The smallest absolute Gasteiger partial charge is 0.311 e. The second-order valence-electron chi connectivity index (χ2n) is 6.31. The van der Waals surface area contributed by atoms with Gasteiger partial charge in [0.25, 0.3) is 5.91 Å². The molecule has 1 aromatic carbocycles. The molecule has 27 heavy (non-hydrogen) atoms. The second kappa shape index (κ2) is 7.62. The zero-order chi connectivity index (χ0) is 18.8. The van der Waals surface area contributed by atoms with Crippen LogP contribution in [0.4, 0.5) is 5.69 Å². The molecule has 4 rings (SSSR count). The van der Waals surface area contributed by atoms with Crippen molar-refractivity contribution in [3.05, 3.63) is 56.5 Å². The van der Waals surface area contributed by atoms with Gasteiger partial charge in [0, 0.05) is 28.1 Å². The number of benzene rings is 1. The molecule has 1 amide bonds. The molecular formula is C20H18N2O3S2. The summed E-state index contributed by atoms with van der Waals surface area (Å²) in [5.41, 5.74) is 4.05. The van der Waals surface area contributed by atoms with Gasteiger partial charge in [0.05, 0.1) is 17.1 Å². The van der Waals surface area contributed by atoms with E-state index in [1.807, 2.05) is 41.9 Å². The Morgan fingerprint density at radius 2 is 2.15 bits per heavy atom. The molecule has 0 saturated heterocycles. The Labute approximate surface area is 165 Å². The predicted molar refractivity (Wildman–Crippen MR) is 107 cm³/mol. The van der Waals surface area contributed by atoms with Crippen LogP contribution in [0.15, 0.2) is 41.1 Å². The maximum Gasteiger partial charge on any atom is 0.311 e. The van der Waals surface area contributed by atoms with Gasteiger partial charge in [-0.15, -0.1) is 22.7 Å². The van der Waals surface area contributed by atoms with Crippen molar-refractivity contribution in [3.63, 3.8) is 0 Å². The van der Waals surface area contributed by atoms with Gasteiger partial charge in [-0.2, -0.15) is 0 Å². The maximum atomic E-state index is 12.5. The first-order valence-electron chi connectivity index (χ1n) is 8.64. The number of esters is 1. The molecule has 0 bridgehead atoms. The largest absolute Gasteiger partial charge is 0.455 e. The lowest BCUT2D eigenvalue weighted by atomic mass is 10.1. The van der Waals surface area contributed by atoms with Crippen LogP contribution in [0.5, 0.6) is 0 Å². The third-order valence-corrected chi connectivity index (χ3v) is 6.10. The van der Waals surface area contributed by atoms with Gasteiger partial charge >= 0.3 is 5.97 Å². The summed E-state index contributed by atoms with van der Waals surface area (Å²) in [5, 5.41) is 4.99. The summed E-state index contributed by atoms with van der Waals surface area (Å²) in [7, 11) is 0. The monoisotopic (exact) mass is 398 g/mol. The SMILES string of the molecule is Cc1nc(-c2ccc3c(c2)CCN3C(=O)COC(=O)Cc2cccs2)cs1. The van der Waals surface area contributed by atoms with Crippen molar-refractivity contribution in [2.75, 3.05) is 18.1 Å². The number of hydrogen-bond acceptors (Lipinski definition) is 6. The molecule has 2 aromatic heterocycles. The summed E-state index contributed by atoms with van der Waals surface area (Å²) in [5.74, 6) is -0.565. The number of carbonyl (C=O) groups is 2. The van der Waals surface area contributed by atoms with Crippen molar-refractivity contribution in [1.29, 1.82) is 0 Å². The van der Waals surface area contributed by atoms with Crippen LogP contribution in [0.2, 0.25) is 0 Å². The predicted octanol–water partition coefficient (Wildman–Crippen LogP) is 3.86. The molecule has 0 radical (unpaired) electrons. The van der Waals surface area contributed by atoms with Crippen molar-refractivity contribution < 1.29 is 14.3 Å². The fourth-order valence-corrected chi connectivity index (χ4v) is 4.46. The Morgan fingerprint density at radius 1 is 1.26 bits per heavy atom. The molecule has 3 heterocycles. The molecule has 138 valence electrons. The molecule has 3 aromatic rings. The van der Waals surface area contributed by atoms with Crippen LogP contribution < -0.4 is 4.90 Å². The van der Waals surface area contributed by atoms with E-state index in [0.29, 0.717) is 6.54 Å². The Kier molecular flexibility index (Phi) is 5.05. The summed E-state index contributed by atoms with van der Waals surface area (Å²) in [4.78, 5) is 31.6. The van der Waals surface area contributed by atoms with Gasteiger partial charge in [-0.05, 0) is 42.5 Å². The van der Waals surface area contributed by atoms with Crippen molar-refractivity contribution in [2.45, 2.75) is 19.8 Å². The highest BCUT2D eigenvalue weighted by Crippen LogP contribution is 2.32. The maximum absolute atomic E-state index is 12.5. The van der Waals surface area contributed by atoms with Crippen LogP contribution in [0.1, 0.15) is 15.4 Å². The van der Waals surface area contributed by atoms with Gasteiger partial charge in [0.1, 0.15) is 0 Å². The molecule has 0 atom stereocenters. The van der Waals surface area contributed by atoms with Gasteiger partial charge in [0.2, 0.25) is 0 Å². The van der Waals surface area contributed by atoms with Crippen LogP contribution in [0, 0.1) is 6.92 Å². The molecule has 5 nitrogen and oxygen atoms in total. The van der Waals surface area contributed by atoms with E-state index in [1.165, 1.54) is 11.3 Å². The minimum Gasteiger partial charge on any atom is -0.455 e. The zero-order valence-corrected chi connectivity index (χ0v) is 16.4. The van der Waals surface area contributed by atoms with Crippen LogP contribution in [-0.2, 0) is 27.2 Å². The van der Waals surface area contributed by atoms with E-state index in [-0.39, 0.29) is 24.9 Å². The van der Waals surface area contributed by atoms with Crippen molar-refractivity contribution in [3.8, 4) is 11.3 Å². The normalized spacial score (nSPS) is 12.9. The van der Waals surface area contributed by atoms with Gasteiger partial charge in [-0.25, -0.2) is 4.98 Å². The first kappa shape index (κ1) is 17.9. The minimum absolute atomic E-state index is 0.189. The standard InChI is InChI=1S/C20H18N2O3S2/c1-13-21-17(12-27-13)14-4-5-18-15(9-14)6-7-22(18)19(23)11-25-20(24)10-16-3-2-8-26-16/h2-5,8-9,12H,6-7,10-11H2,1H3. The fraction of sp³-hybridized carbons (Fsp3) is 0.250. The van der Waals surface area contributed by atoms with Gasteiger partial charge in [-0.1, -0.05) is 12.1 Å². The van der Waals surface area contributed by atoms with E-state index < -0.39 is 0 Å². The lowest BCUT2D eigenvalue weighted by Crippen LogP contribution is -2.33. The lowest BCUT2D eigenvalue weighted by molar-refractivity contribution is -0.147. The molecule has 7 heteroatoms. The first-order valence-corrected chi connectivity index (χ1v) is 10.4. The minimum atomic E-state index is -0.375. The summed E-state index contributed by atoms with van der Waals surface area (Å²) in [6.07, 6.45) is 0.999. The van der Waals surface area contributed by atoms with E-state index in [0.717, 1.165) is 38.8 Å². The fourth-order valence-electron chi connectivity index (χ4n) is 3.14. The molecule has 1 aliphatic heterocycles. The third kappa shape index (κ3) is 3.94. The molecule has 0 unspecified atom stereocenters. The van der Waals surface area contributed by atoms with Gasteiger partial charge < -0.3 is 9.64 Å².